The summed E-state index contributed by atoms with van der Waals surface area (Å²) in [5.74, 6) is 0.0673. The van der Waals surface area contributed by atoms with Crippen LogP contribution in [0.4, 0.5) is 5.69 Å². The number of carbonyl (C=O) groups excluding carboxylic acids is 1. The molecule has 0 atom stereocenters. The van der Waals surface area contributed by atoms with Crippen molar-refractivity contribution in [1.29, 1.82) is 0 Å². The zero-order chi connectivity index (χ0) is 14.5. The van der Waals surface area contributed by atoms with Gasteiger partial charge < -0.3 is 15.0 Å². The highest BCUT2D eigenvalue weighted by atomic mass is 35.5. The zero-order valence-corrected chi connectivity index (χ0v) is 12.4. The molecule has 106 valence electrons. The van der Waals surface area contributed by atoms with Gasteiger partial charge in [0.1, 0.15) is 0 Å². The topological polar surface area (TPSA) is 67.1 Å². The highest BCUT2D eigenvalue weighted by molar-refractivity contribution is 7.99. The van der Waals surface area contributed by atoms with Crippen LogP contribution in [0.3, 0.4) is 0 Å². The number of amides is 1. The molecule has 0 saturated heterocycles. The molecule has 0 aliphatic carbocycles. The van der Waals surface area contributed by atoms with Crippen LogP contribution in [-0.2, 0) is 18.4 Å². The SMILES string of the molecule is Cn1c(CO)cnc1SCC(=O)Nc1ccccc1Cl. The maximum absolute atomic E-state index is 11.8. The molecule has 2 aromatic rings. The molecule has 0 spiro atoms. The Morgan fingerprint density at radius 2 is 2.25 bits per heavy atom. The van der Waals surface area contributed by atoms with Crippen LogP contribution in [0, 0.1) is 0 Å². The first-order valence-electron chi connectivity index (χ1n) is 5.90. The van der Waals surface area contributed by atoms with Crippen molar-refractivity contribution in [2.24, 2.45) is 7.05 Å². The van der Waals surface area contributed by atoms with Crippen molar-refractivity contribution in [3.63, 3.8) is 0 Å². The number of para-hydroxylation sites is 1. The van der Waals surface area contributed by atoms with Gasteiger partial charge in [0, 0.05) is 7.05 Å². The fourth-order valence-electron chi connectivity index (χ4n) is 1.59. The van der Waals surface area contributed by atoms with Gasteiger partial charge in [0.05, 0.1) is 35.0 Å². The Morgan fingerprint density at radius 1 is 1.50 bits per heavy atom. The minimum Gasteiger partial charge on any atom is -0.390 e. The minimum absolute atomic E-state index is 0.0735. The summed E-state index contributed by atoms with van der Waals surface area (Å²) in [5, 5.41) is 13.0. The van der Waals surface area contributed by atoms with E-state index in [9.17, 15) is 4.79 Å². The number of halogens is 1. The molecule has 0 bridgehead atoms. The molecule has 1 aromatic heterocycles. The summed E-state index contributed by atoms with van der Waals surface area (Å²) < 4.78 is 1.76. The normalized spacial score (nSPS) is 10.6. The van der Waals surface area contributed by atoms with Crippen molar-refractivity contribution < 1.29 is 9.90 Å². The summed E-state index contributed by atoms with van der Waals surface area (Å²) >= 11 is 7.27. The number of carbonyl (C=O) groups is 1. The van der Waals surface area contributed by atoms with Gasteiger partial charge in [0.25, 0.3) is 0 Å². The van der Waals surface area contributed by atoms with Gasteiger partial charge in [-0.25, -0.2) is 4.98 Å². The van der Waals surface area contributed by atoms with Crippen LogP contribution in [0.15, 0.2) is 35.6 Å². The minimum atomic E-state index is -0.156. The second-order valence-corrected chi connectivity index (χ2v) is 5.42. The Labute approximate surface area is 126 Å². The lowest BCUT2D eigenvalue weighted by Crippen LogP contribution is -2.14. The molecule has 0 fully saturated rings. The van der Waals surface area contributed by atoms with Gasteiger partial charge in [-0.2, -0.15) is 0 Å². The summed E-state index contributed by atoms with van der Waals surface area (Å²) in [5.41, 5.74) is 1.30. The van der Waals surface area contributed by atoms with Crippen LogP contribution < -0.4 is 5.32 Å². The van der Waals surface area contributed by atoms with Crippen LogP contribution in [0.5, 0.6) is 0 Å². The third kappa shape index (κ3) is 3.53. The average molecular weight is 312 g/mol. The van der Waals surface area contributed by atoms with E-state index in [1.54, 1.807) is 42.1 Å². The van der Waals surface area contributed by atoms with Gasteiger partial charge in [0.15, 0.2) is 5.16 Å². The van der Waals surface area contributed by atoms with Gasteiger partial charge in [0.2, 0.25) is 5.91 Å². The molecule has 5 nitrogen and oxygen atoms in total. The number of thioether (sulfide) groups is 1. The molecule has 1 aromatic carbocycles. The van der Waals surface area contributed by atoms with Crippen molar-refractivity contribution in [2.75, 3.05) is 11.1 Å². The average Bonchev–Trinajstić information content (AvgIpc) is 2.79. The van der Waals surface area contributed by atoms with Gasteiger partial charge in [-0.05, 0) is 12.1 Å². The number of aromatic nitrogens is 2. The van der Waals surface area contributed by atoms with E-state index in [-0.39, 0.29) is 18.3 Å². The fraction of sp³-hybridized carbons (Fsp3) is 0.231. The summed E-state index contributed by atoms with van der Waals surface area (Å²) in [6.07, 6.45) is 1.59. The van der Waals surface area contributed by atoms with Gasteiger partial charge >= 0.3 is 0 Å². The van der Waals surface area contributed by atoms with Crippen molar-refractivity contribution in [1.82, 2.24) is 9.55 Å². The third-order valence-electron chi connectivity index (χ3n) is 2.68. The molecule has 0 aliphatic rings. The first-order chi connectivity index (χ1) is 9.61. The number of hydrogen-bond donors (Lipinski definition) is 2. The van der Waals surface area contributed by atoms with E-state index in [0.717, 1.165) is 0 Å². The summed E-state index contributed by atoms with van der Waals surface area (Å²) in [7, 11) is 1.80. The lowest BCUT2D eigenvalue weighted by molar-refractivity contribution is -0.113. The van der Waals surface area contributed by atoms with Crippen LogP contribution in [0.1, 0.15) is 5.69 Å². The Kier molecular flexibility index (Phi) is 5.05. The van der Waals surface area contributed by atoms with Crippen LogP contribution in [0.2, 0.25) is 5.02 Å². The third-order valence-corrected chi connectivity index (χ3v) is 4.06. The Morgan fingerprint density at radius 3 is 2.90 bits per heavy atom. The Balaban J connectivity index is 1.92. The molecule has 2 rings (SSSR count). The molecular formula is C13H14ClN3O2S. The number of aliphatic hydroxyl groups excluding tert-OH is 1. The lowest BCUT2D eigenvalue weighted by Gasteiger charge is -2.07. The van der Waals surface area contributed by atoms with Gasteiger partial charge in [-0.1, -0.05) is 35.5 Å². The van der Waals surface area contributed by atoms with E-state index in [4.69, 9.17) is 16.7 Å². The highest BCUT2D eigenvalue weighted by Gasteiger charge is 2.10. The molecule has 0 unspecified atom stereocenters. The molecule has 0 aliphatic heterocycles. The van der Waals surface area contributed by atoms with Gasteiger partial charge in [-0.3, -0.25) is 4.79 Å². The van der Waals surface area contributed by atoms with Crippen molar-refractivity contribution >= 4 is 35.0 Å². The smallest absolute Gasteiger partial charge is 0.234 e. The van der Waals surface area contributed by atoms with E-state index < -0.39 is 0 Å². The van der Waals surface area contributed by atoms with E-state index in [1.807, 2.05) is 0 Å². The summed E-state index contributed by atoms with van der Waals surface area (Å²) in [6, 6.07) is 7.07. The molecule has 2 N–H and O–H groups in total. The molecule has 20 heavy (non-hydrogen) atoms. The molecule has 0 saturated carbocycles. The predicted molar refractivity (Wildman–Crippen MR) is 79.9 cm³/mol. The number of nitrogens with one attached hydrogen (secondary N) is 1. The summed E-state index contributed by atoms with van der Waals surface area (Å²) in [4.78, 5) is 16.0. The van der Waals surface area contributed by atoms with Crippen LogP contribution >= 0.6 is 23.4 Å². The molecule has 0 radical (unpaired) electrons. The van der Waals surface area contributed by atoms with Crippen LogP contribution in [-0.4, -0.2) is 26.3 Å². The van der Waals surface area contributed by atoms with E-state index in [2.05, 4.69) is 10.3 Å². The fourth-order valence-corrected chi connectivity index (χ4v) is 2.54. The number of imidazole rings is 1. The molecule has 7 heteroatoms. The van der Waals surface area contributed by atoms with Crippen molar-refractivity contribution in [2.45, 2.75) is 11.8 Å². The second-order valence-electron chi connectivity index (χ2n) is 4.07. The number of aliphatic hydroxyl groups is 1. The van der Waals surface area contributed by atoms with Crippen molar-refractivity contribution in [3.8, 4) is 0 Å². The van der Waals surface area contributed by atoms with Gasteiger partial charge in [-0.15, -0.1) is 0 Å². The second kappa shape index (κ2) is 6.78. The first kappa shape index (κ1) is 14.9. The first-order valence-corrected chi connectivity index (χ1v) is 7.27. The lowest BCUT2D eigenvalue weighted by atomic mass is 10.3. The predicted octanol–water partition coefficient (Wildman–Crippen LogP) is 2.30. The maximum atomic E-state index is 11.8. The van der Waals surface area contributed by atoms with E-state index >= 15 is 0 Å². The molecule has 1 amide bonds. The molecular weight excluding hydrogens is 298 g/mol. The molecule has 1 heterocycles. The largest absolute Gasteiger partial charge is 0.390 e. The van der Waals surface area contributed by atoms with E-state index in [0.29, 0.717) is 21.6 Å². The number of hydrogen-bond acceptors (Lipinski definition) is 4. The highest BCUT2D eigenvalue weighted by Crippen LogP contribution is 2.22. The number of rotatable bonds is 5. The quantitative estimate of drug-likeness (QED) is 0.832. The standard InChI is InChI=1S/C13H14ClN3O2S/c1-17-9(7-18)6-15-13(17)20-8-12(19)16-11-5-3-2-4-10(11)14/h2-6,18H,7-8H2,1H3,(H,16,19). The number of benzene rings is 1. The monoisotopic (exact) mass is 311 g/mol. The van der Waals surface area contributed by atoms with E-state index in [1.165, 1.54) is 11.8 Å². The number of nitrogens with zero attached hydrogens (tertiary/aromatic N) is 2. The number of anilines is 1. The zero-order valence-electron chi connectivity index (χ0n) is 10.8. The van der Waals surface area contributed by atoms with Crippen molar-refractivity contribution in [3.05, 3.63) is 41.2 Å². The maximum Gasteiger partial charge on any atom is 0.234 e. The van der Waals surface area contributed by atoms with Crippen LogP contribution in [0.25, 0.3) is 0 Å². The summed E-state index contributed by atoms with van der Waals surface area (Å²) in [6.45, 7) is -0.0735. The Bertz CT molecular complexity index is 615. The Hall–Kier alpha value is -1.50.